The van der Waals surface area contributed by atoms with E-state index in [1.165, 1.54) is 11.3 Å². The molecule has 2 N–H and O–H groups in total. The van der Waals surface area contributed by atoms with Gasteiger partial charge in [-0.2, -0.15) is 0 Å². The van der Waals surface area contributed by atoms with Gasteiger partial charge >= 0.3 is 0 Å². The zero-order valence-electron chi connectivity index (χ0n) is 16.5. The van der Waals surface area contributed by atoms with E-state index in [4.69, 9.17) is 9.47 Å². The predicted molar refractivity (Wildman–Crippen MR) is 119 cm³/mol. The number of thiazole rings is 1. The van der Waals surface area contributed by atoms with Crippen molar-refractivity contribution in [2.24, 2.45) is 0 Å². The molecular formula is C22H20N4O3S. The average Bonchev–Trinajstić information content (AvgIpc) is 3.17. The van der Waals surface area contributed by atoms with Crippen LogP contribution in [0, 0.1) is 0 Å². The van der Waals surface area contributed by atoms with Crippen molar-refractivity contribution >= 4 is 44.1 Å². The topological polar surface area (TPSA) is 85.4 Å². The van der Waals surface area contributed by atoms with Crippen LogP contribution in [-0.4, -0.2) is 30.1 Å². The number of rotatable bonds is 7. The first-order valence-electron chi connectivity index (χ1n) is 9.24. The highest BCUT2D eigenvalue weighted by molar-refractivity contribution is 7.21. The number of amides is 1. The fourth-order valence-electron chi connectivity index (χ4n) is 2.96. The minimum Gasteiger partial charge on any atom is -0.493 e. The van der Waals surface area contributed by atoms with Gasteiger partial charge in [-0.3, -0.25) is 4.79 Å². The van der Waals surface area contributed by atoms with E-state index in [0.717, 1.165) is 32.4 Å². The summed E-state index contributed by atoms with van der Waals surface area (Å²) >= 11 is 1.49. The van der Waals surface area contributed by atoms with Crippen molar-refractivity contribution in [3.8, 4) is 11.5 Å². The molecule has 0 bridgehead atoms. The van der Waals surface area contributed by atoms with Gasteiger partial charge in [0, 0.05) is 17.6 Å². The number of hydrogen-bond acceptors (Lipinski definition) is 7. The Labute approximate surface area is 177 Å². The molecular weight excluding hydrogens is 400 g/mol. The number of hydrogen-bond donors (Lipinski definition) is 2. The van der Waals surface area contributed by atoms with Gasteiger partial charge in [-0.15, -0.1) is 0 Å². The molecule has 0 aliphatic heterocycles. The number of pyridine rings is 1. The highest BCUT2D eigenvalue weighted by atomic mass is 32.1. The lowest BCUT2D eigenvalue weighted by Crippen LogP contribution is -2.14. The smallest absolute Gasteiger partial charge is 0.228 e. The van der Waals surface area contributed by atoms with Crippen molar-refractivity contribution in [3.63, 3.8) is 0 Å². The van der Waals surface area contributed by atoms with E-state index in [1.807, 2.05) is 42.5 Å². The van der Waals surface area contributed by atoms with Crippen molar-refractivity contribution in [2.45, 2.75) is 6.42 Å². The first-order valence-corrected chi connectivity index (χ1v) is 10.1. The molecule has 0 aliphatic rings. The average molecular weight is 420 g/mol. The van der Waals surface area contributed by atoms with E-state index in [1.54, 1.807) is 32.5 Å². The minimum atomic E-state index is -0.111. The number of aromatic nitrogens is 2. The predicted octanol–water partition coefficient (Wildman–Crippen LogP) is 4.63. The third-order valence-corrected chi connectivity index (χ3v) is 5.29. The Balaban J connectivity index is 1.37. The number of benzene rings is 2. The van der Waals surface area contributed by atoms with Crippen LogP contribution >= 0.6 is 11.3 Å². The van der Waals surface area contributed by atoms with Crippen LogP contribution in [0.4, 0.5) is 16.5 Å². The fourth-order valence-corrected chi connectivity index (χ4v) is 3.79. The van der Waals surface area contributed by atoms with Crippen molar-refractivity contribution in [2.75, 3.05) is 24.9 Å². The number of methoxy groups -OCH3 is 2. The van der Waals surface area contributed by atoms with Crippen LogP contribution in [0.5, 0.6) is 11.5 Å². The summed E-state index contributed by atoms with van der Waals surface area (Å²) in [6.45, 7) is 0. The second-order valence-corrected chi connectivity index (χ2v) is 7.44. The molecule has 4 rings (SSSR count). The molecule has 0 saturated carbocycles. The molecule has 2 heterocycles. The first kappa shape index (κ1) is 19.7. The molecule has 1 amide bonds. The molecule has 2 aromatic heterocycles. The van der Waals surface area contributed by atoms with Crippen molar-refractivity contribution in [3.05, 3.63) is 66.4 Å². The first-order chi connectivity index (χ1) is 14.6. The van der Waals surface area contributed by atoms with E-state index in [9.17, 15) is 4.79 Å². The molecule has 8 heteroatoms. The Morgan fingerprint density at radius 3 is 2.50 bits per heavy atom. The van der Waals surface area contributed by atoms with Gasteiger partial charge in [0.1, 0.15) is 10.3 Å². The lowest BCUT2D eigenvalue weighted by Gasteiger charge is -2.10. The van der Waals surface area contributed by atoms with Crippen LogP contribution in [0.15, 0.2) is 60.8 Å². The summed E-state index contributed by atoms with van der Waals surface area (Å²) in [5.74, 6) is 1.12. The second kappa shape index (κ2) is 8.79. The van der Waals surface area contributed by atoms with Crippen LogP contribution < -0.4 is 20.1 Å². The molecule has 0 fully saturated rings. The fraction of sp³-hybridized carbons (Fsp3) is 0.136. The Kier molecular flexibility index (Phi) is 5.76. The maximum atomic E-state index is 12.4. The van der Waals surface area contributed by atoms with E-state index >= 15 is 0 Å². The minimum absolute atomic E-state index is 0.111. The lowest BCUT2D eigenvalue weighted by molar-refractivity contribution is -0.115. The quantitative estimate of drug-likeness (QED) is 0.453. The number of nitrogens with one attached hydrogen (secondary N) is 2. The van der Waals surface area contributed by atoms with Crippen LogP contribution in [0.2, 0.25) is 0 Å². The Morgan fingerprint density at radius 2 is 1.77 bits per heavy atom. The van der Waals surface area contributed by atoms with Gasteiger partial charge in [-0.05, 0) is 54.1 Å². The maximum absolute atomic E-state index is 12.4. The van der Waals surface area contributed by atoms with Crippen LogP contribution in [0.3, 0.4) is 0 Å². The summed E-state index contributed by atoms with van der Waals surface area (Å²) in [6.07, 6.45) is 1.99. The number of carbonyl (C=O) groups is 1. The zero-order chi connectivity index (χ0) is 20.9. The van der Waals surface area contributed by atoms with Gasteiger partial charge in [-0.25, -0.2) is 9.97 Å². The highest BCUT2D eigenvalue weighted by Crippen LogP contribution is 2.28. The molecule has 0 unspecified atom stereocenters. The summed E-state index contributed by atoms with van der Waals surface area (Å²) in [5.41, 5.74) is 3.31. The second-order valence-electron chi connectivity index (χ2n) is 6.46. The lowest BCUT2D eigenvalue weighted by atomic mass is 10.1. The van der Waals surface area contributed by atoms with Gasteiger partial charge in [-0.1, -0.05) is 17.4 Å². The van der Waals surface area contributed by atoms with Crippen LogP contribution in [0.1, 0.15) is 5.56 Å². The SMILES string of the molecule is COc1ccc(CC(=O)Nc2ccc(Nc3nc4cccnc4s3)cc2)cc1OC. The molecule has 0 radical (unpaired) electrons. The highest BCUT2D eigenvalue weighted by Gasteiger charge is 2.09. The molecule has 0 atom stereocenters. The van der Waals surface area contributed by atoms with Crippen LogP contribution in [0.25, 0.3) is 10.3 Å². The van der Waals surface area contributed by atoms with Gasteiger partial charge in [0.2, 0.25) is 5.91 Å². The Morgan fingerprint density at radius 1 is 1.00 bits per heavy atom. The summed E-state index contributed by atoms with van der Waals surface area (Å²) in [4.78, 5) is 22.1. The number of nitrogens with zero attached hydrogens (tertiary/aromatic N) is 2. The molecule has 2 aromatic carbocycles. The third-order valence-electron chi connectivity index (χ3n) is 4.40. The zero-order valence-corrected chi connectivity index (χ0v) is 17.3. The Bertz CT molecular complexity index is 1140. The maximum Gasteiger partial charge on any atom is 0.228 e. The van der Waals surface area contributed by atoms with E-state index in [2.05, 4.69) is 20.6 Å². The largest absolute Gasteiger partial charge is 0.493 e. The molecule has 152 valence electrons. The molecule has 7 nitrogen and oxygen atoms in total. The molecule has 4 aromatic rings. The number of anilines is 3. The standard InChI is InChI=1S/C22H20N4O3S/c1-28-18-10-5-14(12-19(18)29-2)13-20(27)24-15-6-8-16(9-7-15)25-22-26-17-4-3-11-23-21(17)30-22/h3-12H,13H2,1-2H3,(H,24,27)(H,25,26). The monoisotopic (exact) mass is 420 g/mol. The summed E-state index contributed by atoms with van der Waals surface area (Å²) in [6, 6.07) is 16.7. The normalized spacial score (nSPS) is 10.6. The van der Waals surface area contributed by atoms with Crippen LogP contribution in [-0.2, 0) is 11.2 Å². The van der Waals surface area contributed by atoms with Crippen molar-refractivity contribution in [1.29, 1.82) is 0 Å². The van der Waals surface area contributed by atoms with Gasteiger partial charge in [0.15, 0.2) is 16.6 Å². The number of fused-ring (bicyclic) bond motifs is 1. The van der Waals surface area contributed by atoms with Crippen molar-refractivity contribution in [1.82, 2.24) is 9.97 Å². The van der Waals surface area contributed by atoms with E-state index < -0.39 is 0 Å². The van der Waals surface area contributed by atoms with Gasteiger partial charge < -0.3 is 20.1 Å². The number of ether oxygens (including phenoxy) is 2. The molecule has 0 saturated heterocycles. The molecule has 30 heavy (non-hydrogen) atoms. The molecule has 0 aliphatic carbocycles. The molecule has 0 spiro atoms. The summed E-state index contributed by atoms with van der Waals surface area (Å²) < 4.78 is 10.5. The van der Waals surface area contributed by atoms with Crippen molar-refractivity contribution < 1.29 is 14.3 Å². The Hall–Kier alpha value is -3.65. The van der Waals surface area contributed by atoms with E-state index in [0.29, 0.717) is 11.5 Å². The third kappa shape index (κ3) is 4.49. The van der Waals surface area contributed by atoms with Gasteiger partial charge in [0.05, 0.1) is 20.6 Å². The summed E-state index contributed by atoms with van der Waals surface area (Å²) in [7, 11) is 3.15. The summed E-state index contributed by atoms with van der Waals surface area (Å²) in [5, 5.41) is 6.95. The van der Waals surface area contributed by atoms with E-state index in [-0.39, 0.29) is 12.3 Å². The number of carbonyl (C=O) groups excluding carboxylic acids is 1. The van der Waals surface area contributed by atoms with Gasteiger partial charge in [0.25, 0.3) is 0 Å².